The average molecular weight is 604 g/mol. The van der Waals surface area contributed by atoms with E-state index in [0.29, 0.717) is 44.0 Å². The molecular weight excluding hydrogens is 546 g/mol. The molecule has 1 aliphatic carbocycles. The van der Waals surface area contributed by atoms with Crippen LogP contribution >= 0.6 is 0 Å². The highest BCUT2D eigenvalue weighted by Crippen LogP contribution is 2.25. The summed E-state index contributed by atoms with van der Waals surface area (Å²) in [5.74, 6) is -0.912. The lowest BCUT2D eigenvalue weighted by Gasteiger charge is -2.30. The smallest absolute Gasteiger partial charge is 0.336 e. The second-order valence-electron chi connectivity index (χ2n) is 11.3. The SMILES string of the molecule is CCCCCCCN(CCOC1CCCC(OCc2cccc(C)c2C(=O)O)C1)C(=O)NCCCC.CCCCN=C=O. The van der Waals surface area contributed by atoms with E-state index in [0.717, 1.165) is 76.3 Å². The molecule has 1 aromatic carbocycles. The summed E-state index contributed by atoms with van der Waals surface area (Å²) in [4.78, 5) is 39.0. The van der Waals surface area contributed by atoms with E-state index in [-0.39, 0.29) is 18.2 Å². The highest BCUT2D eigenvalue weighted by molar-refractivity contribution is 5.91. The third-order valence-electron chi connectivity index (χ3n) is 7.65. The number of urea groups is 1. The third-order valence-corrected chi connectivity index (χ3v) is 7.65. The van der Waals surface area contributed by atoms with Crippen molar-refractivity contribution in [1.29, 1.82) is 0 Å². The highest BCUT2D eigenvalue weighted by Gasteiger charge is 2.24. The second-order valence-corrected chi connectivity index (χ2v) is 11.3. The molecule has 0 bridgehead atoms. The fourth-order valence-electron chi connectivity index (χ4n) is 5.08. The number of hydrogen-bond acceptors (Lipinski definition) is 6. The van der Waals surface area contributed by atoms with E-state index < -0.39 is 5.97 Å². The zero-order valence-corrected chi connectivity index (χ0v) is 27.2. The first-order chi connectivity index (χ1) is 20.9. The number of aryl methyl sites for hydroxylation is 1. The molecule has 2 amide bonds. The number of carboxylic acids is 1. The largest absolute Gasteiger partial charge is 0.478 e. The Balaban J connectivity index is 0.00000117. The van der Waals surface area contributed by atoms with Gasteiger partial charge >= 0.3 is 12.0 Å². The first kappa shape index (κ1) is 38.3. The molecular formula is C34H57N3O6. The van der Waals surface area contributed by atoms with Crippen molar-refractivity contribution >= 4 is 18.1 Å². The number of hydrogen-bond donors (Lipinski definition) is 2. The number of isocyanates is 1. The third kappa shape index (κ3) is 17.2. The maximum absolute atomic E-state index is 12.7. The van der Waals surface area contributed by atoms with E-state index in [2.05, 4.69) is 31.1 Å². The van der Waals surface area contributed by atoms with Gasteiger partial charge < -0.3 is 24.8 Å². The van der Waals surface area contributed by atoms with Crippen LogP contribution in [0.3, 0.4) is 0 Å². The van der Waals surface area contributed by atoms with Crippen molar-refractivity contribution in [3.05, 3.63) is 34.9 Å². The molecule has 1 aromatic rings. The number of ether oxygens (including phenoxy) is 2. The number of amides is 2. The van der Waals surface area contributed by atoms with Gasteiger partial charge in [-0.15, -0.1) is 0 Å². The van der Waals surface area contributed by atoms with Crippen LogP contribution in [-0.4, -0.2) is 73.1 Å². The average Bonchev–Trinajstić information content (AvgIpc) is 2.99. The molecule has 0 saturated heterocycles. The predicted molar refractivity (Wildman–Crippen MR) is 171 cm³/mol. The Labute approximate surface area is 259 Å². The van der Waals surface area contributed by atoms with Gasteiger partial charge in [-0.25, -0.2) is 19.4 Å². The molecule has 1 aliphatic rings. The van der Waals surface area contributed by atoms with Gasteiger partial charge in [0, 0.05) is 19.6 Å². The summed E-state index contributed by atoms with van der Waals surface area (Å²) in [6.45, 7) is 11.7. The quantitative estimate of drug-likeness (QED) is 0.0908. The van der Waals surface area contributed by atoms with Gasteiger partial charge in [-0.05, 0) is 63.0 Å². The number of aromatic carboxylic acids is 1. The number of carbonyl (C=O) groups excluding carboxylic acids is 2. The monoisotopic (exact) mass is 603 g/mol. The summed E-state index contributed by atoms with van der Waals surface area (Å²) in [6, 6.07) is 5.53. The van der Waals surface area contributed by atoms with Gasteiger partial charge in [0.05, 0.1) is 37.5 Å². The van der Waals surface area contributed by atoms with Crippen molar-refractivity contribution in [3.63, 3.8) is 0 Å². The fourth-order valence-corrected chi connectivity index (χ4v) is 5.08. The number of benzene rings is 1. The molecule has 43 heavy (non-hydrogen) atoms. The normalized spacial score (nSPS) is 16.0. The van der Waals surface area contributed by atoms with E-state index in [1.54, 1.807) is 0 Å². The molecule has 0 aliphatic heterocycles. The maximum atomic E-state index is 12.7. The summed E-state index contributed by atoms with van der Waals surface area (Å²) < 4.78 is 12.3. The van der Waals surface area contributed by atoms with Crippen molar-refractivity contribution in [1.82, 2.24) is 10.2 Å². The van der Waals surface area contributed by atoms with Crippen LogP contribution in [0.25, 0.3) is 0 Å². The van der Waals surface area contributed by atoms with Crippen LogP contribution in [0.15, 0.2) is 23.2 Å². The van der Waals surface area contributed by atoms with Crippen LogP contribution in [0, 0.1) is 6.92 Å². The van der Waals surface area contributed by atoms with Gasteiger partial charge in [0.2, 0.25) is 6.08 Å². The van der Waals surface area contributed by atoms with Gasteiger partial charge in [-0.1, -0.05) is 77.5 Å². The number of unbranched alkanes of at least 4 members (excludes halogenated alkanes) is 6. The van der Waals surface area contributed by atoms with Gasteiger partial charge in [0.15, 0.2) is 0 Å². The molecule has 2 rings (SSSR count). The van der Waals surface area contributed by atoms with Crippen molar-refractivity contribution in [3.8, 4) is 0 Å². The lowest BCUT2D eigenvalue weighted by atomic mass is 9.94. The number of aliphatic imine (C=N–C) groups is 1. The van der Waals surface area contributed by atoms with Gasteiger partial charge in [-0.3, -0.25) is 0 Å². The van der Waals surface area contributed by atoms with Crippen LogP contribution < -0.4 is 5.32 Å². The number of carbonyl (C=O) groups is 2. The van der Waals surface area contributed by atoms with Crippen LogP contribution in [0.4, 0.5) is 4.79 Å². The van der Waals surface area contributed by atoms with Gasteiger partial charge in [0.1, 0.15) is 0 Å². The van der Waals surface area contributed by atoms with Gasteiger partial charge in [0.25, 0.3) is 0 Å². The van der Waals surface area contributed by atoms with E-state index in [1.807, 2.05) is 30.0 Å². The Morgan fingerprint density at radius 3 is 2.35 bits per heavy atom. The van der Waals surface area contributed by atoms with E-state index in [4.69, 9.17) is 9.47 Å². The Morgan fingerprint density at radius 1 is 0.977 bits per heavy atom. The molecule has 9 heteroatoms. The Kier molecular flexibility index (Phi) is 22.0. The molecule has 9 nitrogen and oxygen atoms in total. The number of carboxylic acid groups (broad SMARTS) is 1. The molecule has 0 spiro atoms. The summed E-state index contributed by atoms with van der Waals surface area (Å²) in [5.41, 5.74) is 1.81. The Bertz CT molecular complexity index is 950. The number of nitrogens with one attached hydrogen (secondary N) is 1. The maximum Gasteiger partial charge on any atom is 0.336 e. The first-order valence-electron chi connectivity index (χ1n) is 16.5. The minimum Gasteiger partial charge on any atom is -0.478 e. The molecule has 1 fully saturated rings. The number of rotatable bonds is 20. The minimum absolute atomic E-state index is 0.0137. The zero-order chi connectivity index (χ0) is 31.7. The minimum atomic E-state index is -0.912. The van der Waals surface area contributed by atoms with Crippen molar-refractivity contribution in [2.24, 2.45) is 4.99 Å². The zero-order valence-electron chi connectivity index (χ0n) is 27.2. The van der Waals surface area contributed by atoms with E-state index >= 15 is 0 Å². The lowest BCUT2D eigenvalue weighted by molar-refractivity contribution is -0.0524. The summed E-state index contributed by atoms with van der Waals surface area (Å²) in [5, 5.41) is 12.6. The molecule has 0 radical (unpaired) electrons. The van der Waals surface area contributed by atoms with Crippen molar-refractivity contribution < 1.29 is 29.0 Å². The van der Waals surface area contributed by atoms with Gasteiger partial charge in [-0.2, -0.15) is 0 Å². The van der Waals surface area contributed by atoms with Crippen molar-refractivity contribution in [2.45, 2.75) is 130 Å². The summed E-state index contributed by atoms with van der Waals surface area (Å²) >= 11 is 0. The molecule has 0 heterocycles. The fraction of sp³-hybridized carbons (Fsp3) is 0.735. The Hall–Kier alpha value is -2.74. The second kappa shape index (κ2) is 24.7. The standard InChI is InChI=1S/C29H48N2O5.C5H9NO/c1-4-6-8-9-10-18-31(29(34)30-17-7-5-2)19-20-35-25-15-12-16-26(21-25)36-22-24-14-11-13-23(3)27(24)28(32)33;1-2-3-4-6-5-7/h11,13-14,25-26H,4-10,12,15-22H2,1-3H3,(H,30,34)(H,32,33);2-4H2,1H3. The van der Waals surface area contributed by atoms with E-state index in [9.17, 15) is 19.5 Å². The lowest BCUT2D eigenvalue weighted by Crippen LogP contribution is -2.43. The molecule has 0 aromatic heterocycles. The van der Waals surface area contributed by atoms with Crippen LogP contribution in [0.5, 0.6) is 0 Å². The highest BCUT2D eigenvalue weighted by atomic mass is 16.5. The number of nitrogens with zero attached hydrogens (tertiary/aromatic N) is 2. The van der Waals surface area contributed by atoms with Crippen LogP contribution in [-0.2, 0) is 20.9 Å². The molecule has 2 atom stereocenters. The van der Waals surface area contributed by atoms with Crippen LogP contribution in [0.1, 0.15) is 126 Å². The molecule has 2 N–H and O–H groups in total. The van der Waals surface area contributed by atoms with Crippen molar-refractivity contribution in [2.75, 3.05) is 32.8 Å². The topological polar surface area (TPSA) is 118 Å². The van der Waals surface area contributed by atoms with Crippen LogP contribution in [0.2, 0.25) is 0 Å². The summed E-state index contributed by atoms with van der Waals surface area (Å²) in [6.07, 6.45) is 15.4. The molecule has 1 saturated carbocycles. The predicted octanol–water partition coefficient (Wildman–Crippen LogP) is 7.44. The summed E-state index contributed by atoms with van der Waals surface area (Å²) in [7, 11) is 0. The molecule has 244 valence electrons. The van der Waals surface area contributed by atoms with E-state index in [1.165, 1.54) is 25.3 Å². The Morgan fingerprint density at radius 2 is 1.67 bits per heavy atom. The first-order valence-corrected chi connectivity index (χ1v) is 16.5. The molecule has 2 unspecified atom stereocenters.